The number of carbonyl (C=O) groups is 1. The molecule has 1 heterocycles. The zero-order valence-corrected chi connectivity index (χ0v) is 11.8. The Morgan fingerprint density at radius 3 is 2.63 bits per heavy atom. The van der Waals surface area contributed by atoms with Crippen LogP contribution in [0.4, 0.5) is 0 Å². The Morgan fingerprint density at radius 1 is 1.58 bits per heavy atom. The lowest BCUT2D eigenvalue weighted by Gasteiger charge is -2.39. The molecule has 1 rings (SSSR count). The van der Waals surface area contributed by atoms with Gasteiger partial charge in [0.1, 0.15) is 5.41 Å². The molecule has 0 aromatic carbocycles. The Balaban J connectivity index is 2.95. The van der Waals surface area contributed by atoms with Crippen LogP contribution in [-0.2, 0) is 14.3 Å². The molecule has 0 saturated carbocycles. The quantitative estimate of drug-likeness (QED) is 0.318. The van der Waals surface area contributed by atoms with Gasteiger partial charge in [0.25, 0.3) is 0 Å². The van der Waals surface area contributed by atoms with E-state index in [1.165, 1.54) is 0 Å². The number of amidine groups is 1. The van der Waals surface area contributed by atoms with Crippen LogP contribution in [0.1, 0.15) is 19.8 Å². The first kappa shape index (κ1) is 15.7. The third-order valence-electron chi connectivity index (χ3n) is 3.74. The summed E-state index contributed by atoms with van der Waals surface area (Å²) < 4.78 is 10.3. The highest BCUT2D eigenvalue weighted by Crippen LogP contribution is 2.33. The molecular formula is C12H23N3O4. The lowest BCUT2D eigenvalue weighted by atomic mass is 9.77. The molecule has 1 aliphatic heterocycles. The molecule has 1 saturated heterocycles. The molecule has 0 aromatic rings. The summed E-state index contributed by atoms with van der Waals surface area (Å²) >= 11 is 0. The summed E-state index contributed by atoms with van der Waals surface area (Å²) in [5.41, 5.74) is 4.79. The second kappa shape index (κ2) is 6.72. The molecule has 3 N–H and O–H groups in total. The van der Waals surface area contributed by atoms with Gasteiger partial charge in [0.15, 0.2) is 5.84 Å². The van der Waals surface area contributed by atoms with Gasteiger partial charge >= 0.3 is 0 Å². The number of hydrogen-bond acceptors (Lipinski definition) is 5. The van der Waals surface area contributed by atoms with Crippen LogP contribution in [0.3, 0.4) is 0 Å². The number of carbonyl (C=O) groups excluding carboxylic acids is 1. The third kappa shape index (κ3) is 3.16. The number of methoxy groups -OCH3 is 1. The first-order valence-electron chi connectivity index (χ1n) is 6.31. The summed E-state index contributed by atoms with van der Waals surface area (Å²) in [7, 11) is 3.29. The van der Waals surface area contributed by atoms with Crippen molar-refractivity contribution in [2.75, 3.05) is 34.0 Å². The van der Waals surface area contributed by atoms with Crippen molar-refractivity contribution in [2.45, 2.75) is 25.8 Å². The van der Waals surface area contributed by atoms with E-state index in [4.69, 9.17) is 20.4 Å². The van der Waals surface area contributed by atoms with Crippen molar-refractivity contribution >= 4 is 11.7 Å². The van der Waals surface area contributed by atoms with Crippen molar-refractivity contribution < 1.29 is 19.5 Å². The molecule has 1 fully saturated rings. The van der Waals surface area contributed by atoms with Crippen molar-refractivity contribution in [3.63, 3.8) is 0 Å². The maximum atomic E-state index is 12.7. The summed E-state index contributed by atoms with van der Waals surface area (Å²) in [5.74, 6) is -0.201. The van der Waals surface area contributed by atoms with Gasteiger partial charge in [-0.15, -0.1) is 0 Å². The molecule has 1 atom stereocenters. The smallest absolute Gasteiger partial charge is 0.236 e. The van der Waals surface area contributed by atoms with Gasteiger partial charge in [-0.3, -0.25) is 4.79 Å². The number of nitrogens with zero attached hydrogens (tertiary/aromatic N) is 2. The van der Waals surface area contributed by atoms with Gasteiger partial charge in [0.2, 0.25) is 5.91 Å². The average molecular weight is 273 g/mol. The monoisotopic (exact) mass is 273 g/mol. The summed E-state index contributed by atoms with van der Waals surface area (Å²) in [6.45, 7) is 3.18. The van der Waals surface area contributed by atoms with Crippen LogP contribution in [0.5, 0.6) is 0 Å². The standard InChI is InChI=1S/C12H23N3O4/c1-9(8-18-3)15(2)11(16)12(10(13)14-17)4-6-19-7-5-12/h9,17H,4-8H2,1-3H3,(H2,13,14). The van der Waals surface area contributed by atoms with E-state index in [0.717, 1.165) is 0 Å². The molecule has 1 unspecified atom stereocenters. The number of nitrogens with two attached hydrogens (primary N) is 1. The molecule has 0 radical (unpaired) electrons. The van der Waals surface area contributed by atoms with E-state index in [0.29, 0.717) is 32.7 Å². The van der Waals surface area contributed by atoms with Crippen molar-refractivity contribution in [1.82, 2.24) is 4.90 Å². The van der Waals surface area contributed by atoms with Crippen LogP contribution >= 0.6 is 0 Å². The fourth-order valence-corrected chi connectivity index (χ4v) is 2.29. The summed E-state index contributed by atoms with van der Waals surface area (Å²) in [6.07, 6.45) is 0.845. The van der Waals surface area contributed by atoms with Crippen LogP contribution in [0.15, 0.2) is 5.16 Å². The van der Waals surface area contributed by atoms with Crippen LogP contribution in [0.2, 0.25) is 0 Å². The minimum Gasteiger partial charge on any atom is -0.409 e. The molecule has 0 bridgehead atoms. The normalized spacial score (nSPS) is 20.9. The van der Waals surface area contributed by atoms with Crippen LogP contribution in [0, 0.1) is 5.41 Å². The number of likely N-dealkylation sites (N-methyl/N-ethyl adjacent to an activating group) is 1. The molecular weight excluding hydrogens is 250 g/mol. The van der Waals surface area contributed by atoms with Crippen molar-refractivity contribution in [3.05, 3.63) is 0 Å². The zero-order chi connectivity index (χ0) is 14.5. The largest absolute Gasteiger partial charge is 0.409 e. The molecule has 0 aliphatic carbocycles. The van der Waals surface area contributed by atoms with E-state index in [-0.39, 0.29) is 17.8 Å². The lowest BCUT2D eigenvalue weighted by molar-refractivity contribution is -0.144. The van der Waals surface area contributed by atoms with Crippen LogP contribution < -0.4 is 5.73 Å². The molecule has 1 amide bonds. The Bertz CT molecular complexity index is 340. The van der Waals surface area contributed by atoms with Gasteiger partial charge < -0.3 is 25.3 Å². The second-order valence-corrected chi connectivity index (χ2v) is 4.90. The van der Waals surface area contributed by atoms with Gasteiger partial charge in [0, 0.05) is 27.4 Å². The van der Waals surface area contributed by atoms with Crippen molar-refractivity contribution in [2.24, 2.45) is 16.3 Å². The van der Waals surface area contributed by atoms with E-state index in [1.807, 2.05) is 6.92 Å². The first-order valence-corrected chi connectivity index (χ1v) is 6.31. The zero-order valence-electron chi connectivity index (χ0n) is 11.8. The second-order valence-electron chi connectivity index (χ2n) is 4.90. The Hall–Kier alpha value is -1.34. The number of oxime groups is 1. The highest BCUT2D eigenvalue weighted by molar-refractivity contribution is 6.06. The Kier molecular flexibility index (Phi) is 5.56. The van der Waals surface area contributed by atoms with E-state index in [2.05, 4.69) is 5.16 Å². The maximum absolute atomic E-state index is 12.7. The van der Waals surface area contributed by atoms with Gasteiger partial charge in [-0.2, -0.15) is 0 Å². The van der Waals surface area contributed by atoms with Crippen LogP contribution in [0.25, 0.3) is 0 Å². The third-order valence-corrected chi connectivity index (χ3v) is 3.74. The number of amides is 1. The molecule has 7 heteroatoms. The summed E-state index contributed by atoms with van der Waals surface area (Å²) in [5, 5.41) is 12.0. The van der Waals surface area contributed by atoms with E-state index in [9.17, 15) is 4.79 Å². The summed E-state index contributed by atoms with van der Waals surface area (Å²) in [4.78, 5) is 14.3. The molecule has 7 nitrogen and oxygen atoms in total. The lowest BCUT2D eigenvalue weighted by Crippen LogP contribution is -2.55. The highest BCUT2D eigenvalue weighted by atomic mass is 16.5. The number of hydrogen-bond donors (Lipinski definition) is 2. The van der Waals surface area contributed by atoms with Gasteiger partial charge in [0.05, 0.1) is 12.6 Å². The van der Waals surface area contributed by atoms with Crippen LogP contribution in [-0.4, -0.2) is 61.9 Å². The Morgan fingerprint density at radius 2 is 2.16 bits per heavy atom. The topological polar surface area (TPSA) is 97.4 Å². The van der Waals surface area contributed by atoms with Gasteiger partial charge in [-0.05, 0) is 19.8 Å². The summed E-state index contributed by atoms with van der Waals surface area (Å²) in [6, 6.07) is -0.0799. The average Bonchev–Trinajstić information content (AvgIpc) is 2.45. The maximum Gasteiger partial charge on any atom is 0.236 e. The molecule has 0 aromatic heterocycles. The van der Waals surface area contributed by atoms with E-state index in [1.54, 1.807) is 19.1 Å². The van der Waals surface area contributed by atoms with E-state index >= 15 is 0 Å². The fraction of sp³-hybridized carbons (Fsp3) is 0.833. The minimum absolute atomic E-state index is 0.0442. The minimum atomic E-state index is -0.969. The predicted octanol–water partition coefficient (Wildman–Crippen LogP) is 0.0229. The molecule has 19 heavy (non-hydrogen) atoms. The predicted molar refractivity (Wildman–Crippen MR) is 70.0 cm³/mol. The SMILES string of the molecule is COCC(C)N(C)C(=O)C1(C(N)=NO)CCOCC1. The van der Waals surface area contributed by atoms with Gasteiger partial charge in [-0.1, -0.05) is 5.16 Å². The number of ether oxygens (including phenoxy) is 2. The van der Waals surface area contributed by atoms with Gasteiger partial charge in [-0.25, -0.2) is 0 Å². The highest BCUT2D eigenvalue weighted by Gasteiger charge is 2.46. The van der Waals surface area contributed by atoms with Crippen molar-refractivity contribution in [3.8, 4) is 0 Å². The van der Waals surface area contributed by atoms with E-state index < -0.39 is 5.41 Å². The fourth-order valence-electron chi connectivity index (χ4n) is 2.29. The first-order chi connectivity index (χ1) is 8.99. The molecule has 1 aliphatic rings. The molecule has 0 spiro atoms. The molecule has 110 valence electrons. The number of rotatable bonds is 5. The van der Waals surface area contributed by atoms with Crippen molar-refractivity contribution in [1.29, 1.82) is 0 Å². The Labute approximate surface area is 113 Å².